The maximum atomic E-state index is 11.5. The molecule has 1 aromatic rings. The number of piperazine rings is 1. The van der Waals surface area contributed by atoms with Crippen molar-refractivity contribution in [1.82, 2.24) is 9.88 Å². The fraction of sp³-hybridized carbons (Fsp3) is 0.611. The van der Waals surface area contributed by atoms with E-state index in [0.29, 0.717) is 12.2 Å². The number of Topliss-reactive ketones (excluding diaryl/α,β-unsaturated/α-hetero) is 2. The summed E-state index contributed by atoms with van der Waals surface area (Å²) < 4.78 is 5.46. The van der Waals surface area contributed by atoms with Gasteiger partial charge in [0.15, 0.2) is 11.6 Å². The van der Waals surface area contributed by atoms with E-state index >= 15 is 0 Å². The number of carbonyl (C=O) groups excluding carboxylic acids is 2. The summed E-state index contributed by atoms with van der Waals surface area (Å²) in [6.45, 7) is 10.7. The predicted molar refractivity (Wildman–Crippen MR) is 93.6 cm³/mol. The second-order valence-corrected chi connectivity index (χ2v) is 6.46. The molecule has 1 saturated heterocycles. The van der Waals surface area contributed by atoms with E-state index in [-0.39, 0.29) is 24.1 Å². The number of nitrogens with zero attached hydrogens (tertiary/aromatic N) is 3. The first-order valence-electron chi connectivity index (χ1n) is 8.52. The molecule has 0 saturated carbocycles. The number of ketones is 2. The van der Waals surface area contributed by atoms with Gasteiger partial charge >= 0.3 is 0 Å². The highest BCUT2D eigenvalue weighted by Gasteiger charge is 2.18. The molecule has 1 aromatic heterocycles. The van der Waals surface area contributed by atoms with Gasteiger partial charge in [0.25, 0.3) is 0 Å². The molecule has 0 radical (unpaired) electrons. The largest absolute Gasteiger partial charge is 0.372 e. The minimum absolute atomic E-state index is 0.0369. The molecule has 0 aromatic carbocycles. The molecule has 24 heavy (non-hydrogen) atoms. The smallest absolute Gasteiger partial charge is 0.161 e. The van der Waals surface area contributed by atoms with Crippen LogP contribution in [0.4, 0.5) is 5.82 Å². The topological polar surface area (TPSA) is 62.7 Å². The van der Waals surface area contributed by atoms with Crippen LogP contribution in [-0.2, 0) is 9.53 Å². The van der Waals surface area contributed by atoms with Gasteiger partial charge in [0.1, 0.15) is 12.4 Å². The molecule has 1 fully saturated rings. The summed E-state index contributed by atoms with van der Waals surface area (Å²) in [6, 6.07) is 3.74. The Kier molecular flexibility index (Phi) is 6.87. The molecule has 0 spiro atoms. The Morgan fingerprint density at radius 3 is 2.46 bits per heavy atom. The van der Waals surface area contributed by atoms with Crippen LogP contribution in [0.5, 0.6) is 0 Å². The van der Waals surface area contributed by atoms with Crippen LogP contribution in [0, 0.1) is 5.92 Å². The van der Waals surface area contributed by atoms with Crippen molar-refractivity contribution in [1.29, 1.82) is 0 Å². The van der Waals surface area contributed by atoms with Gasteiger partial charge in [-0.25, -0.2) is 4.98 Å². The number of pyridine rings is 1. The second-order valence-electron chi connectivity index (χ2n) is 6.46. The van der Waals surface area contributed by atoms with E-state index in [0.717, 1.165) is 38.5 Å². The van der Waals surface area contributed by atoms with E-state index in [1.807, 2.05) is 26.0 Å². The van der Waals surface area contributed by atoms with Gasteiger partial charge in [-0.1, -0.05) is 13.8 Å². The third-order valence-corrected chi connectivity index (χ3v) is 4.29. The lowest BCUT2D eigenvalue weighted by Crippen LogP contribution is -2.47. The van der Waals surface area contributed by atoms with Crippen molar-refractivity contribution in [2.75, 3.05) is 50.8 Å². The van der Waals surface area contributed by atoms with Crippen molar-refractivity contribution in [3.8, 4) is 0 Å². The van der Waals surface area contributed by atoms with Crippen LogP contribution in [0.2, 0.25) is 0 Å². The van der Waals surface area contributed by atoms with Crippen molar-refractivity contribution < 1.29 is 14.3 Å². The molecule has 132 valence electrons. The Morgan fingerprint density at radius 1 is 1.21 bits per heavy atom. The zero-order valence-corrected chi connectivity index (χ0v) is 14.8. The van der Waals surface area contributed by atoms with Crippen molar-refractivity contribution in [2.45, 2.75) is 20.8 Å². The van der Waals surface area contributed by atoms with Gasteiger partial charge in [0.05, 0.1) is 6.61 Å². The lowest BCUT2D eigenvalue weighted by Gasteiger charge is -2.35. The van der Waals surface area contributed by atoms with Crippen LogP contribution in [-0.4, -0.2) is 67.4 Å². The van der Waals surface area contributed by atoms with Crippen LogP contribution in [0.25, 0.3) is 0 Å². The number of hydrogen-bond donors (Lipinski definition) is 0. The lowest BCUT2D eigenvalue weighted by molar-refractivity contribution is -0.126. The number of ether oxygens (including phenoxy) is 1. The normalized spacial score (nSPS) is 15.8. The summed E-state index contributed by atoms with van der Waals surface area (Å²) in [5.74, 6) is 1.14. The Bertz CT molecular complexity index is 549. The maximum Gasteiger partial charge on any atom is 0.161 e. The molecule has 1 aliphatic heterocycles. The quantitative estimate of drug-likeness (QED) is 0.532. The zero-order valence-electron chi connectivity index (χ0n) is 14.8. The third kappa shape index (κ3) is 5.39. The molecule has 0 bridgehead atoms. The first kappa shape index (κ1) is 18.5. The number of aromatic nitrogens is 1. The van der Waals surface area contributed by atoms with Crippen molar-refractivity contribution >= 4 is 17.4 Å². The van der Waals surface area contributed by atoms with Crippen LogP contribution < -0.4 is 4.90 Å². The van der Waals surface area contributed by atoms with Crippen molar-refractivity contribution in [3.05, 3.63) is 23.9 Å². The molecule has 1 aliphatic rings. The van der Waals surface area contributed by atoms with E-state index in [1.54, 1.807) is 13.1 Å². The van der Waals surface area contributed by atoms with Crippen LogP contribution in [0.1, 0.15) is 31.1 Å². The Labute approximate surface area is 143 Å². The molecule has 2 heterocycles. The van der Waals surface area contributed by atoms with E-state index < -0.39 is 0 Å². The van der Waals surface area contributed by atoms with Crippen molar-refractivity contribution in [3.63, 3.8) is 0 Å². The molecule has 6 heteroatoms. The number of carbonyl (C=O) groups is 2. The SMILES string of the molecule is CC(=O)c1ccc(N2CCN(CCOCC(=O)C(C)C)CC2)nc1. The fourth-order valence-corrected chi connectivity index (χ4v) is 2.52. The van der Waals surface area contributed by atoms with Gasteiger partial charge < -0.3 is 9.64 Å². The Morgan fingerprint density at radius 2 is 1.92 bits per heavy atom. The monoisotopic (exact) mass is 333 g/mol. The average Bonchev–Trinajstić information content (AvgIpc) is 2.59. The maximum absolute atomic E-state index is 11.5. The molecule has 2 rings (SSSR count). The van der Waals surface area contributed by atoms with E-state index in [9.17, 15) is 9.59 Å². The summed E-state index contributed by atoms with van der Waals surface area (Å²) in [4.78, 5) is 31.7. The molecule has 0 atom stereocenters. The highest BCUT2D eigenvalue weighted by atomic mass is 16.5. The number of rotatable bonds is 8. The van der Waals surface area contributed by atoms with Crippen molar-refractivity contribution in [2.24, 2.45) is 5.92 Å². The molecule has 0 unspecified atom stereocenters. The summed E-state index contributed by atoms with van der Waals surface area (Å²) in [7, 11) is 0. The van der Waals surface area contributed by atoms with E-state index in [2.05, 4.69) is 14.8 Å². The fourth-order valence-electron chi connectivity index (χ4n) is 2.52. The standard InChI is InChI=1S/C18H27N3O3/c1-14(2)17(23)13-24-11-10-20-6-8-21(9-7-20)18-5-4-16(12-19-18)15(3)22/h4-5,12,14H,6-11,13H2,1-3H3. The number of anilines is 1. The minimum atomic E-state index is 0.0369. The molecule has 0 amide bonds. The average molecular weight is 333 g/mol. The van der Waals surface area contributed by atoms with Gasteiger partial charge in [-0.05, 0) is 19.1 Å². The molecule has 0 N–H and O–H groups in total. The highest BCUT2D eigenvalue weighted by Crippen LogP contribution is 2.14. The van der Waals surface area contributed by atoms with Crippen LogP contribution in [0.15, 0.2) is 18.3 Å². The molecular formula is C18H27N3O3. The molecule has 6 nitrogen and oxygen atoms in total. The first-order chi connectivity index (χ1) is 11.5. The predicted octanol–water partition coefficient (Wildman–Crippen LogP) is 1.65. The van der Waals surface area contributed by atoms with Crippen LogP contribution >= 0.6 is 0 Å². The van der Waals surface area contributed by atoms with Gasteiger partial charge in [-0.15, -0.1) is 0 Å². The second kappa shape index (κ2) is 8.89. The Hall–Kier alpha value is -1.79. The molecular weight excluding hydrogens is 306 g/mol. The first-order valence-corrected chi connectivity index (χ1v) is 8.52. The minimum Gasteiger partial charge on any atom is -0.372 e. The van der Waals surface area contributed by atoms with E-state index in [4.69, 9.17) is 4.74 Å². The summed E-state index contributed by atoms with van der Waals surface area (Å²) in [5.41, 5.74) is 0.644. The third-order valence-electron chi connectivity index (χ3n) is 4.29. The van der Waals surface area contributed by atoms with Crippen LogP contribution in [0.3, 0.4) is 0 Å². The zero-order chi connectivity index (χ0) is 17.5. The van der Waals surface area contributed by atoms with E-state index in [1.165, 1.54) is 0 Å². The lowest BCUT2D eigenvalue weighted by atomic mass is 10.1. The molecule has 0 aliphatic carbocycles. The Balaban J connectivity index is 1.69. The summed E-state index contributed by atoms with van der Waals surface area (Å²) in [6.07, 6.45) is 1.64. The van der Waals surface area contributed by atoms with Gasteiger partial charge in [-0.2, -0.15) is 0 Å². The van der Waals surface area contributed by atoms with Gasteiger partial charge in [0, 0.05) is 50.4 Å². The van der Waals surface area contributed by atoms with Gasteiger partial charge in [0.2, 0.25) is 0 Å². The number of hydrogen-bond acceptors (Lipinski definition) is 6. The highest BCUT2D eigenvalue weighted by molar-refractivity contribution is 5.93. The summed E-state index contributed by atoms with van der Waals surface area (Å²) in [5, 5.41) is 0. The van der Waals surface area contributed by atoms with Gasteiger partial charge in [-0.3, -0.25) is 14.5 Å². The summed E-state index contributed by atoms with van der Waals surface area (Å²) >= 11 is 0.